The first-order valence-electron chi connectivity index (χ1n) is 4.89. The lowest BCUT2D eigenvalue weighted by Gasteiger charge is -2.06. The third-order valence-electron chi connectivity index (χ3n) is 2.11. The van der Waals surface area contributed by atoms with Gasteiger partial charge in [0.25, 0.3) is 5.69 Å². The van der Waals surface area contributed by atoms with E-state index in [1.807, 2.05) is 0 Å². The third-order valence-corrected chi connectivity index (χ3v) is 2.54. The maximum Gasteiger partial charge on any atom is 0.269 e. The molecule has 7 heteroatoms. The standard InChI is InChI=1S/C11H8BrN3O3/c12-7-5-10(13)11(14-6-7)18-9-3-1-8(2-4-9)15(16)17/h1-6H,13H2. The smallest absolute Gasteiger partial charge is 0.269 e. The maximum absolute atomic E-state index is 10.5. The van der Waals surface area contributed by atoms with Crippen LogP contribution in [0.15, 0.2) is 41.0 Å². The van der Waals surface area contributed by atoms with Gasteiger partial charge in [0.05, 0.1) is 10.6 Å². The lowest BCUT2D eigenvalue weighted by Crippen LogP contribution is -1.95. The van der Waals surface area contributed by atoms with Crippen molar-refractivity contribution in [3.63, 3.8) is 0 Å². The third kappa shape index (κ3) is 2.75. The number of pyridine rings is 1. The minimum Gasteiger partial charge on any atom is -0.437 e. The number of ether oxygens (including phenoxy) is 1. The van der Waals surface area contributed by atoms with Gasteiger partial charge in [-0.3, -0.25) is 10.1 Å². The fourth-order valence-electron chi connectivity index (χ4n) is 1.28. The molecule has 0 spiro atoms. The number of benzene rings is 1. The van der Waals surface area contributed by atoms with Crippen LogP contribution in [0.2, 0.25) is 0 Å². The van der Waals surface area contributed by atoms with Gasteiger partial charge in [-0.05, 0) is 34.1 Å². The van der Waals surface area contributed by atoms with E-state index in [4.69, 9.17) is 10.5 Å². The SMILES string of the molecule is Nc1cc(Br)cnc1Oc1ccc([N+](=O)[O-])cc1. The molecular weight excluding hydrogens is 302 g/mol. The predicted molar refractivity (Wildman–Crippen MR) is 69.5 cm³/mol. The summed E-state index contributed by atoms with van der Waals surface area (Å²) >= 11 is 3.23. The van der Waals surface area contributed by atoms with Crippen LogP contribution >= 0.6 is 15.9 Å². The predicted octanol–water partition coefficient (Wildman–Crippen LogP) is 3.13. The number of rotatable bonds is 3. The average Bonchev–Trinajstić information content (AvgIpc) is 2.33. The van der Waals surface area contributed by atoms with Gasteiger partial charge in [-0.2, -0.15) is 0 Å². The Kier molecular flexibility index (Phi) is 3.42. The summed E-state index contributed by atoms with van der Waals surface area (Å²) in [7, 11) is 0. The summed E-state index contributed by atoms with van der Waals surface area (Å²) in [6.07, 6.45) is 1.55. The van der Waals surface area contributed by atoms with E-state index >= 15 is 0 Å². The van der Waals surface area contributed by atoms with Gasteiger partial charge in [0.1, 0.15) is 5.75 Å². The summed E-state index contributed by atoms with van der Waals surface area (Å²) in [6.45, 7) is 0. The van der Waals surface area contributed by atoms with E-state index < -0.39 is 4.92 Å². The molecule has 0 aliphatic heterocycles. The summed E-state index contributed by atoms with van der Waals surface area (Å²) in [6, 6.07) is 7.34. The van der Waals surface area contributed by atoms with Gasteiger partial charge in [0, 0.05) is 22.8 Å². The highest BCUT2D eigenvalue weighted by atomic mass is 79.9. The Morgan fingerprint density at radius 3 is 2.56 bits per heavy atom. The van der Waals surface area contributed by atoms with Crippen molar-refractivity contribution in [1.82, 2.24) is 4.98 Å². The minimum atomic E-state index is -0.476. The summed E-state index contributed by atoms with van der Waals surface area (Å²) in [5, 5.41) is 10.5. The van der Waals surface area contributed by atoms with E-state index in [0.29, 0.717) is 11.4 Å². The van der Waals surface area contributed by atoms with Crippen molar-refractivity contribution < 1.29 is 9.66 Å². The molecule has 0 aliphatic carbocycles. The molecule has 1 aromatic carbocycles. The molecule has 2 aromatic rings. The molecule has 0 saturated carbocycles. The number of aromatic nitrogens is 1. The van der Waals surface area contributed by atoms with Gasteiger partial charge in [-0.1, -0.05) is 0 Å². The van der Waals surface area contributed by atoms with Crippen LogP contribution in [0.5, 0.6) is 11.6 Å². The van der Waals surface area contributed by atoms with E-state index in [0.717, 1.165) is 4.47 Å². The molecule has 2 N–H and O–H groups in total. The molecule has 0 fully saturated rings. The number of non-ortho nitro benzene ring substituents is 1. The quantitative estimate of drug-likeness (QED) is 0.694. The lowest BCUT2D eigenvalue weighted by atomic mass is 10.3. The second kappa shape index (κ2) is 5.01. The maximum atomic E-state index is 10.5. The fraction of sp³-hybridized carbons (Fsp3) is 0. The van der Waals surface area contributed by atoms with Crippen LogP contribution in [-0.2, 0) is 0 Å². The van der Waals surface area contributed by atoms with Crippen molar-refractivity contribution in [1.29, 1.82) is 0 Å². The Morgan fingerprint density at radius 1 is 1.33 bits per heavy atom. The van der Waals surface area contributed by atoms with Crippen LogP contribution in [0.3, 0.4) is 0 Å². The number of nitro groups is 1. The monoisotopic (exact) mass is 309 g/mol. The highest BCUT2D eigenvalue weighted by Gasteiger charge is 2.07. The second-order valence-electron chi connectivity index (χ2n) is 3.40. The zero-order valence-corrected chi connectivity index (χ0v) is 10.6. The molecule has 0 atom stereocenters. The van der Waals surface area contributed by atoms with Crippen molar-refractivity contribution in [3.8, 4) is 11.6 Å². The van der Waals surface area contributed by atoms with Crippen LogP contribution in [0.1, 0.15) is 0 Å². The number of nitro benzene ring substituents is 1. The van der Waals surface area contributed by atoms with Crippen LogP contribution in [0.4, 0.5) is 11.4 Å². The van der Waals surface area contributed by atoms with Crippen molar-refractivity contribution in [2.45, 2.75) is 0 Å². The van der Waals surface area contributed by atoms with E-state index in [1.54, 1.807) is 12.3 Å². The zero-order chi connectivity index (χ0) is 13.1. The van der Waals surface area contributed by atoms with Gasteiger partial charge in [0.15, 0.2) is 0 Å². The van der Waals surface area contributed by atoms with Gasteiger partial charge in [-0.15, -0.1) is 0 Å². The fourth-order valence-corrected chi connectivity index (χ4v) is 1.62. The van der Waals surface area contributed by atoms with Gasteiger partial charge < -0.3 is 10.5 Å². The topological polar surface area (TPSA) is 91.3 Å². The summed E-state index contributed by atoms with van der Waals surface area (Å²) in [5.74, 6) is 0.689. The molecule has 2 rings (SSSR count). The number of halogens is 1. The number of nitrogens with two attached hydrogens (primary N) is 1. The van der Waals surface area contributed by atoms with Crippen LogP contribution in [0.25, 0.3) is 0 Å². The zero-order valence-electron chi connectivity index (χ0n) is 9.04. The number of nitrogen functional groups attached to an aromatic ring is 1. The van der Waals surface area contributed by atoms with E-state index in [1.165, 1.54) is 24.3 Å². The van der Waals surface area contributed by atoms with Crippen molar-refractivity contribution in [3.05, 3.63) is 51.1 Å². The molecule has 1 aromatic heterocycles. The largest absolute Gasteiger partial charge is 0.437 e. The first-order valence-corrected chi connectivity index (χ1v) is 5.69. The summed E-state index contributed by atoms with van der Waals surface area (Å²) < 4.78 is 6.17. The number of nitrogens with zero attached hydrogens (tertiary/aromatic N) is 2. The highest BCUT2D eigenvalue weighted by molar-refractivity contribution is 9.10. The Labute approximate surface area is 111 Å². The molecule has 0 amide bonds. The van der Waals surface area contributed by atoms with Gasteiger partial charge >= 0.3 is 0 Å². The van der Waals surface area contributed by atoms with Crippen molar-refractivity contribution >= 4 is 27.3 Å². The van der Waals surface area contributed by atoms with Gasteiger partial charge in [-0.25, -0.2) is 4.98 Å². The molecule has 0 radical (unpaired) electrons. The van der Waals surface area contributed by atoms with E-state index in [2.05, 4.69) is 20.9 Å². The Hall–Kier alpha value is -2.15. The van der Waals surface area contributed by atoms with Gasteiger partial charge in [0.2, 0.25) is 5.88 Å². The molecular formula is C11H8BrN3O3. The Bertz CT molecular complexity index is 587. The lowest BCUT2D eigenvalue weighted by molar-refractivity contribution is -0.384. The molecule has 0 bridgehead atoms. The molecule has 0 saturated heterocycles. The van der Waals surface area contributed by atoms with Crippen LogP contribution < -0.4 is 10.5 Å². The average molecular weight is 310 g/mol. The second-order valence-corrected chi connectivity index (χ2v) is 4.32. The molecule has 1 heterocycles. The molecule has 92 valence electrons. The summed E-state index contributed by atoms with van der Waals surface area (Å²) in [4.78, 5) is 14.0. The Balaban J connectivity index is 2.21. The molecule has 18 heavy (non-hydrogen) atoms. The number of anilines is 1. The normalized spacial score (nSPS) is 10.1. The minimum absolute atomic E-state index is 0.000845. The van der Waals surface area contributed by atoms with E-state index in [-0.39, 0.29) is 11.6 Å². The van der Waals surface area contributed by atoms with Crippen molar-refractivity contribution in [2.24, 2.45) is 0 Å². The van der Waals surface area contributed by atoms with Crippen LogP contribution in [0, 0.1) is 10.1 Å². The summed E-state index contributed by atoms with van der Waals surface area (Å²) in [5.41, 5.74) is 6.10. The molecule has 0 aliphatic rings. The first kappa shape index (κ1) is 12.3. The molecule has 0 unspecified atom stereocenters. The first-order chi connectivity index (χ1) is 8.56. The van der Waals surface area contributed by atoms with E-state index in [9.17, 15) is 10.1 Å². The highest BCUT2D eigenvalue weighted by Crippen LogP contribution is 2.28. The molecule has 6 nitrogen and oxygen atoms in total. The number of hydrogen-bond donors (Lipinski definition) is 1. The van der Waals surface area contributed by atoms with Crippen LogP contribution in [-0.4, -0.2) is 9.91 Å². The number of hydrogen-bond acceptors (Lipinski definition) is 5. The van der Waals surface area contributed by atoms with Crippen molar-refractivity contribution in [2.75, 3.05) is 5.73 Å². The Morgan fingerprint density at radius 2 is 2.00 bits per heavy atom.